The second-order valence-electron chi connectivity index (χ2n) is 3.79. The van der Waals surface area contributed by atoms with Gasteiger partial charge in [0.1, 0.15) is 0 Å². The van der Waals surface area contributed by atoms with E-state index >= 15 is 0 Å². The summed E-state index contributed by atoms with van der Waals surface area (Å²) in [5.41, 5.74) is 2.53. The number of hydrogen-bond acceptors (Lipinski definition) is 1. The molecule has 0 amide bonds. The summed E-state index contributed by atoms with van der Waals surface area (Å²) in [5, 5.41) is 8.98. The number of hydrogen-bond donors (Lipinski definition) is 0. The summed E-state index contributed by atoms with van der Waals surface area (Å²) in [6.07, 6.45) is 0. The van der Waals surface area contributed by atoms with E-state index < -0.39 is 11.6 Å². The Labute approximate surface area is 97.9 Å². The number of benzene rings is 2. The van der Waals surface area contributed by atoms with Crippen LogP contribution in [0.5, 0.6) is 0 Å². The maximum Gasteiger partial charge on any atom is 0.159 e. The molecule has 0 aliphatic rings. The molecule has 0 atom stereocenters. The molecule has 2 aromatic carbocycles. The lowest BCUT2D eigenvalue weighted by Gasteiger charge is -2.06. The Bertz CT molecular complexity index is 612. The maximum atomic E-state index is 13.1. The molecule has 3 heteroatoms. The van der Waals surface area contributed by atoms with Crippen LogP contribution in [0.2, 0.25) is 0 Å². The van der Waals surface area contributed by atoms with Crippen molar-refractivity contribution in [3.63, 3.8) is 0 Å². The summed E-state index contributed by atoms with van der Waals surface area (Å²) in [5.74, 6) is -1.80. The first-order valence-corrected chi connectivity index (χ1v) is 5.08. The molecule has 17 heavy (non-hydrogen) atoms. The summed E-state index contributed by atoms with van der Waals surface area (Å²) in [4.78, 5) is 0. The third-order valence-corrected chi connectivity index (χ3v) is 2.53. The van der Waals surface area contributed by atoms with Crippen LogP contribution in [0, 0.1) is 29.9 Å². The van der Waals surface area contributed by atoms with Gasteiger partial charge in [-0.3, -0.25) is 0 Å². The van der Waals surface area contributed by atoms with Gasteiger partial charge in [0.15, 0.2) is 11.6 Å². The molecule has 0 spiro atoms. The van der Waals surface area contributed by atoms with Gasteiger partial charge in [-0.2, -0.15) is 5.26 Å². The fourth-order valence-electron chi connectivity index (χ4n) is 1.66. The number of halogens is 2. The van der Waals surface area contributed by atoms with Gasteiger partial charge in [-0.15, -0.1) is 0 Å². The summed E-state index contributed by atoms with van der Waals surface area (Å²) in [7, 11) is 0. The molecule has 0 bridgehead atoms. The Morgan fingerprint density at radius 1 is 1.00 bits per heavy atom. The highest BCUT2D eigenvalue weighted by Gasteiger charge is 2.08. The Kier molecular flexibility index (Phi) is 2.88. The average Bonchev–Trinajstić information content (AvgIpc) is 2.32. The first-order chi connectivity index (χ1) is 8.11. The minimum atomic E-state index is -0.909. The Morgan fingerprint density at radius 2 is 1.76 bits per heavy atom. The minimum absolute atomic E-state index is 0.446. The van der Waals surface area contributed by atoms with Crippen molar-refractivity contribution in [2.45, 2.75) is 6.92 Å². The highest BCUT2D eigenvalue weighted by Crippen LogP contribution is 2.25. The zero-order chi connectivity index (χ0) is 12.4. The standard InChI is InChI=1S/C14H9F2N/c1-9-2-3-11(8-17)12(6-9)10-4-5-13(15)14(16)7-10/h2-7H,1H3. The molecule has 0 unspecified atom stereocenters. The van der Waals surface area contributed by atoms with Gasteiger partial charge in [-0.1, -0.05) is 23.8 Å². The maximum absolute atomic E-state index is 13.1. The third kappa shape index (κ3) is 2.16. The van der Waals surface area contributed by atoms with Crippen molar-refractivity contribution in [1.29, 1.82) is 5.26 Å². The van der Waals surface area contributed by atoms with Gasteiger partial charge in [-0.05, 0) is 36.2 Å². The number of nitrogens with zero attached hydrogens (tertiary/aromatic N) is 1. The quantitative estimate of drug-likeness (QED) is 0.729. The van der Waals surface area contributed by atoms with E-state index in [-0.39, 0.29) is 0 Å². The summed E-state index contributed by atoms with van der Waals surface area (Å²) >= 11 is 0. The fourth-order valence-corrected chi connectivity index (χ4v) is 1.66. The van der Waals surface area contributed by atoms with Gasteiger partial charge < -0.3 is 0 Å². The zero-order valence-electron chi connectivity index (χ0n) is 9.17. The molecule has 0 radical (unpaired) electrons. The summed E-state index contributed by atoms with van der Waals surface area (Å²) in [6, 6.07) is 10.9. The molecule has 0 heterocycles. The predicted octanol–water partition coefficient (Wildman–Crippen LogP) is 3.81. The van der Waals surface area contributed by atoms with Crippen LogP contribution < -0.4 is 0 Å². The van der Waals surface area contributed by atoms with Crippen molar-refractivity contribution in [3.05, 3.63) is 59.2 Å². The Hall–Kier alpha value is -2.21. The molecule has 0 N–H and O–H groups in total. The topological polar surface area (TPSA) is 23.8 Å². The second kappa shape index (κ2) is 4.34. The van der Waals surface area contributed by atoms with Gasteiger partial charge >= 0.3 is 0 Å². The van der Waals surface area contributed by atoms with Gasteiger partial charge in [0.05, 0.1) is 11.6 Å². The van der Waals surface area contributed by atoms with Gasteiger partial charge in [0, 0.05) is 0 Å². The van der Waals surface area contributed by atoms with E-state index in [1.54, 1.807) is 12.1 Å². The van der Waals surface area contributed by atoms with E-state index in [1.807, 2.05) is 19.1 Å². The van der Waals surface area contributed by atoms with Crippen molar-refractivity contribution in [2.24, 2.45) is 0 Å². The lowest BCUT2D eigenvalue weighted by atomic mass is 9.98. The summed E-state index contributed by atoms with van der Waals surface area (Å²) < 4.78 is 26.0. The Morgan fingerprint density at radius 3 is 2.41 bits per heavy atom. The van der Waals surface area contributed by atoms with Gasteiger partial charge in [-0.25, -0.2) is 8.78 Å². The highest BCUT2D eigenvalue weighted by molar-refractivity contribution is 5.71. The monoisotopic (exact) mass is 229 g/mol. The average molecular weight is 229 g/mol. The van der Waals surface area contributed by atoms with Crippen LogP contribution in [0.15, 0.2) is 36.4 Å². The number of rotatable bonds is 1. The van der Waals surface area contributed by atoms with E-state index in [1.165, 1.54) is 6.07 Å². The van der Waals surface area contributed by atoms with Crippen LogP contribution in [0.4, 0.5) is 8.78 Å². The molecule has 0 saturated carbocycles. The van der Waals surface area contributed by atoms with Crippen molar-refractivity contribution in [3.8, 4) is 17.2 Å². The summed E-state index contributed by atoms with van der Waals surface area (Å²) in [6.45, 7) is 1.88. The number of nitriles is 1. The molecular formula is C14H9F2N. The molecular weight excluding hydrogens is 220 g/mol. The number of aryl methyl sites for hydroxylation is 1. The van der Waals surface area contributed by atoms with Crippen molar-refractivity contribution >= 4 is 0 Å². The second-order valence-corrected chi connectivity index (χ2v) is 3.79. The molecule has 0 saturated heterocycles. The van der Waals surface area contributed by atoms with E-state index in [0.717, 1.165) is 17.7 Å². The molecule has 0 fully saturated rings. The molecule has 1 nitrogen and oxygen atoms in total. The smallest absolute Gasteiger partial charge is 0.159 e. The van der Waals surface area contributed by atoms with Crippen LogP contribution >= 0.6 is 0 Å². The SMILES string of the molecule is Cc1ccc(C#N)c(-c2ccc(F)c(F)c2)c1. The lowest BCUT2D eigenvalue weighted by molar-refractivity contribution is 0.509. The van der Waals surface area contributed by atoms with Crippen LogP contribution in [0.1, 0.15) is 11.1 Å². The minimum Gasteiger partial charge on any atom is -0.204 e. The van der Waals surface area contributed by atoms with Crippen molar-refractivity contribution < 1.29 is 8.78 Å². The van der Waals surface area contributed by atoms with Crippen molar-refractivity contribution in [2.75, 3.05) is 0 Å². The third-order valence-electron chi connectivity index (χ3n) is 2.53. The van der Waals surface area contributed by atoms with E-state index in [0.29, 0.717) is 16.7 Å². The largest absolute Gasteiger partial charge is 0.204 e. The normalized spacial score (nSPS) is 10.0. The van der Waals surface area contributed by atoms with E-state index in [2.05, 4.69) is 0 Å². The molecule has 0 aliphatic heterocycles. The van der Waals surface area contributed by atoms with Gasteiger partial charge in [0.25, 0.3) is 0 Å². The lowest BCUT2D eigenvalue weighted by Crippen LogP contribution is -1.89. The van der Waals surface area contributed by atoms with Gasteiger partial charge in [0.2, 0.25) is 0 Å². The van der Waals surface area contributed by atoms with E-state index in [9.17, 15) is 8.78 Å². The molecule has 2 rings (SSSR count). The van der Waals surface area contributed by atoms with Crippen LogP contribution in [-0.2, 0) is 0 Å². The first kappa shape index (κ1) is 11.3. The molecule has 0 aromatic heterocycles. The van der Waals surface area contributed by atoms with Crippen molar-refractivity contribution in [1.82, 2.24) is 0 Å². The Balaban J connectivity index is 2.63. The zero-order valence-corrected chi connectivity index (χ0v) is 9.17. The molecule has 2 aromatic rings. The van der Waals surface area contributed by atoms with Crippen LogP contribution in [0.25, 0.3) is 11.1 Å². The van der Waals surface area contributed by atoms with Crippen LogP contribution in [-0.4, -0.2) is 0 Å². The van der Waals surface area contributed by atoms with E-state index in [4.69, 9.17) is 5.26 Å². The highest BCUT2D eigenvalue weighted by atomic mass is 19.2. The molecule has 84 valence electrons. The van der Waals surface area contributed by atoms with Crippen LogP contribution in [0.3, 0.4) is 0 Å². The first-order valence-electron chi connectivity index (χ1n) is 5.08. The predicted molar refractivity (Wildman–Crippen MR) is 61.2 cm³/mol. The molecule has 0 aliphatic carbocycles. The fraction of sp³-hybridized carbons (Fsp3) is 0.0714.